The van der Waals surface area contributed by atoms with Gasteiger partial charge in [-0.15, -0.1) is 11.3 Å². The topological polar surface area (TPSA) is 64.9 Å². The first-order valence-corrected chi connectivity index (χ1v) is 6.46. The van der Waals surface area contributed by atoms with Crippen LogP contribution in [-0.2, 0) is 12.6 Å². The second kappa shape index (κ2) is 4.48. The second-order valence-corrected chi connectivity index (χ2v) is 5.03. The molecule has 0 spiro atoms. The van der Waals surface area contributed by atoms with Gasteiger partial charge in [-0.1, -0.05) is 0 Å². The number of thiazole rings is 1. The van der Waals surface area contributed by atoms with Crippen molar-refractivity contribution in [3.63, 3.8) is 0 Å². The van der Waals surface area contributed by atoms with Crippen LogP contribution >= 0.6 is 11.3 Å². The number of rotatable bonds is 2. The van der Waals surface area contributed by atoms with E-state index in [1.165, 1.54) is 17.4 Å². The second-order valence-electron chi connectivity index (χ2n) is 4.14. The summed E-state index contributed by atoms with van der Waals surface area (Å²) in [6.07, 6.45) is -4.10. The quantitative estimate of drug-likeness (QED) is 0.787. The number of fused-ring (bicyclic) bond motifs is 1. The van der Waals surface area contributed by atoms with E-state index in [4.69, 9.17) is 10.2 Å². The minimum Gasteiger partial charge on any atom is -0.440 e. The monoisotopic (exact) mass is 299 g/mol. The standard InChI is InChI=1S/C12H8F3N3OS/c13-12(14,15)6-1-2-9-8(3-6)18-10(19-9)4-7-5-20-11(16)17-7/h1-3,5H,4H2,(H2,16,17). The van der Waals surface area contributed by atoms with Crippen LogP contribution in [-0.4, -0.2) is 9.97 Å². The molecule has 0 aliphatic heterocycles. The fourth-order valence-electron chi connectivity index (χ4n) is 1.79. The molecule has 0 unspecified atom stereocenters. The fourth-order valence-corrected chi connectivity index (χ4v) is 2.35. The van der Waals surface area contributed by atoms with Gasteiger partial charge in [-0.25, -0.2) is 9.97 Å². The molecule has 1 aromatic carbocycles. The molecule has 0 atom stereocenters. The van der Waals surface area contributed by atoms with E-state index < -0.39 is 11.7 Å². The van der Waals surface area contributed by atoms with Crippen molar-refractivity contribution in [2.75, 3.05) is 5.73 Å². The number of nitrogens with zero attached hydrogens (tertiary/aromatic N) is 2. The van der Waals surface area contributed by atoms with Gasteiger partial charge in [0.1, 0.15) is 5.52 Å². The minimum absolute atomic E-state index is 0.179. The maximum atomic E-state index is 12.6. The Bertz CT molecular complexity index is 763. The number of nitrogens with two attached hydrogens (primary N) is 1. The molecule has 0 aliphatic rings. The molecule has 2 heterocycles. The van der Waals surface area contributed by atoms with Crippen LogP contribution in [0.4, 0.5) is 18.3 Å². The van der Waals surface area contributed by atoms with Gasteiger partial charge in [-0.3, -0.25) is 0 Å². The summed E-state index contributed by atoms with van der Waals surface area (Å²) in [5.41, 5.74) is 5.93. The molecule has 8 heteroatoms. The average molecular weight is 299 g/mol. The first-order chi connectivity index (χ1) is 9.41. The zero-order chi connectivity index (χ0) is 14.3. The number of anilines is 1. The predicted octanol–water partition coefficient (Wildman–Crippen LogP) is 3.48. The van der Waals surface area contributed by atoms with Gasteiger partial charge >= 0.3 is 6.18 Å². The van der Waals surface area contributed by atoms with Crippen molar-refractivity contribution in [2.45, 2.75) is 12.6 Å². The van der Waals surface area contributed by atoms with Crippen LogP contribution in [0.2, 0.25) is 0 Å². The van der Waals surface area contributed by atoms with Crippen LogP contribution in [0.3, 0.4) is 0 Å². The van der Waals surface area contributed by atoms with E-state index >= 15 is 0 Å². The number of hydrogen-bond acceptors (Lipinski definition) is 5. The molecule has 0 saturated heterocycles. The Morgan fingerprint density at radius 3 is 2.70 bits per heavy atom. The van der Waals surface area contributed by atoms with Crippen molar-refractivity contribution in [1.82, 2.24) is 9.97 Å². The summed E-state index contributed by atoms with van der Waals surface area (Å²) in [6.45, 7) is 0. The molecule has 0 amide bonds. The highest BCUT2D eigenvalue weighted by Gasteiger charge is 2.31. The van der Waals surface area contributed by atoms with Gasteiger partial charge in [0.2, 0.25) is 5.89 Å². The van der Waals surface area contributed by atoms with Gasteiger partial charge in [0, 0.05) is 5.38 Å². The summed E-state index contributed by atoms with van der Waals surface area (Å²) in [5.74, 6) is 0.310. The molecule has 20 heavy (non-hydrogen) atoms. The molecular formula is C12H8F3N3OS. The van der Waals surface area contributed by atoms with Crippen LogP contribution in [0.1, 0.15) is 17.1 Å². The number of benzene rings is 1. The summed E-state index contributed by atoms with van der Waals surface area (Å²) < 4.78 is 43.2. The van der Waals surface area contributed by atoms with Crippen LogP contribution < -0.4 is 5.73 Å². The van der Waals surface area contributed by atoms with Crippen LogP contribution in [0.15, 0.2) is 28.0 Å². The first kappa shape index (κ1) is 12.9. The third-order valence-corrected chi connectivity index (χ3v) is 3.38. The van der Waals surface area contributed by atoms with Crippen molar-refractivity contribution in [3.05, 3.63) is 40.7 Å². The van der Waals surface area contributed by atoms with E-state index in [1.54, 1.807) is 5.38 Å². The summed E-state index contributed by atoms with van der Waals surface area (Å²) in [6, 6.07) is 3.21. The molecule has 2 aromatic heterocycles. The fraction of sp³-hybridized carbons (Fsp3) is 0.167. The molecule has 2 N–H and O–H groups in total. The number of nitrogen functional groups attached to an aromatic ring is 1. The van der Waals surface area contributed by atoms with Crippen LogP contribution in [0.25, 0.3) is 11.1 Å². The van der Waals surface area contributed by atoms with Gasteiger partial charge in [-0.05, 0) is 18.2 Å². The number of alkyl halides is 3. The lowest BCUT2D eigenvalue weighted by molar-refractivity contribution is -0.137. The maximum Gasteiger partial charge on any atom is 0.416 e. The molecule has 4 nitrogen and oxygen atoms in total. The normalized spacial score (nSPS) is 12.2. The van der Waals surface area contributed by atoms with E-state index in [9.17, 15) is 13.2 Å². The van der Waals surface area contributed by atoms with Crippen LogP contribution in [0.5, 0.6) is 0 Å². The molecule has 0 saturated carbocycles. The third kappa shape index (κ3) is 2.46. The van der Waals surface area contributed by atoms with E-state index in [1.807, 2.05) is 0 Å². The van der Waals surface area contributed by atoms with Crippen molar-refractivity contribution in [3.8, 4) is 0 Å². The Balaban J connectivity index is 1.94. The smallest absolute Gasteiger partial charge is 0.416 e. The third-order valence-electron chi connectivity index (χ3n) is 2.66. The molecular weight excluding hydrogens is 291 g/mol. The summed E-state index contributed by atoms with van der Waals surface area (Å²) in [5, 5.41) is 2.18. The number of oxazole rings is 1. The van der Waals surface area contributed by atoms with E-state index in [-0.39, 0.29) is 5.52 Å². The highest BCUT2D eigenvalue weighted by molar-refractivity contribution is 7.13. The maximum absolute atomic E-state index is 12.6. The number of aromatic nitrogens is 2. The minimum atomic E-state index is -4.39. The average Bonchev–Trinajstić information content (AvgIpc) is 2.93. The van der Waals surface area contributed by atoms with Crippen molar-refractivity contribution in [1.29, 1.82) is 0 Å². The summed E-state index contributed by atoms with van der Waals surface area (Å²) in [7, 11) is 0. The lowest BCUT2D eigenvalue weighted by Gasteiger charge is -2.04. The summed E-state index contributed by atoms with van der Waals surface area (Å²) >= 11 is 1.28. The largest absolute Gasteiger partial charge is 0.440 e. The highest BCUT2D eigenvalue weighted by atomic mass is 32.1. The molecule has 0 fully saturated rings. The highest BCUT2D eigenvalue weighted by Crippen LogP contribution is 2.31. The van der Waals surface area contributed by atoms with E-state index in [0.717, 1.165) is 12.1 Å². The predicted molar refractivity (Wildman–Crippen MR) is 68.3 cm³/mol. The lowest BCUT2D eigenvalue weighted by atomic mass is 10.2. The number of halogens is 3. The van der Waals surface area contributed by atoms with E-state index in [2.05, 4.69) is 9.97 Å². The molecule has 3 aromatic rings. The Labute approximate surface area is 115 Å². The Morgan fingerprint density at radius 2 is 2.05 bits per heavy atom. The molecule has 0 bridgehead atoms. The zero-order valence-electron chi connectivity index (χ0n) is 9.94. The van der Waals surface area contributed by atoms with Crippen LogP contribution in [0, 0.1) is 0 Å². The van der Waals surface area contributed by atoms with Gasteiger partial charge in [0.15, 0.2) is 10.7 Å². The Hall–Kier alpha value is -2.09. The Morgan fingerprint density at radius 1 is 1.25 bits per heavy atom. The van der Waals surface area contributed by atoms with Gasteiger partial charge in [0.05, 0.1) is 17.7 Å². The summed E-state index contributed by atoms with van der Waals surface area (Å²) in [4.78, 5) is 8.10. The van der Waals surface area contributed by atoms with Gasteiger partial charge < -0.3 is 10.2 Å². The van der Waals surface area contributed by atoms with Gasteiger partial charge in [-0.2, -0.15) is 13.2 Å². The van der Waals surface area contributed by atoms with Crippen molar-refractivity contribution in [2.24, 2.45) is 0 Å². The molecule has 3 rings (SSSR count). The van der Waals surface area contributed by atoms with Crippen molar-refractivity contribution < 1.29 is 17.6 Å². The van der Waals surface area contributed by atoms with Gasteiger partial charge in [0.25, 0.3) is 0 Å². The van der Waals surface area contributed by atoms with E-state index in [0.29, 0.717) is 28.7 Å². The zero-order valence-corrected chi connectivity index (χ0v) is 10.8. The lowest BCUT2D eigenvalue weighted by Crippen LogP contribution is -2.03. The van der Waals surface area contributed by atoms with Crippen molar-refractivity contribution >= 4 is 27.6 Å². The Kier molecular flexibility index (Phi) is 2.89. The SMILES string of the molecule is Nc1nc(Cc2nc3cc(C(F)(F)F)ccc3o2)cs1. The first-order valence-electron chi connectivity index (χ1n) is 5.58. The number of hydrogen-bond donors (Lipinski definition) is 1. The molecule has 104 valence electrons. The molecule has 0 radical (unpaired) electrons. The molecule has 0 aliphatic carbocycles.